The molecule has 0 saturated carbocycles. The summed E-state index contributed by atoms with van der Waals surface area (Å²) < 4.78 is 12.9. The highest BCUT2D eigenvalue weighted by molar-refractivity contribution is 5.94. The molecule has 27 heavy (non-hydrogen) atoms. The molecule has 1 aromatic heterocycles. The predicted octanol–water partition coefficient (Wildman–Crippen LogP) is 2.86. The van der Waals surface area contributed by atoms with Crippen molar-refractivity contribution in [1.29, 1.82) is 0 Å². The number of benzene rings is 2. The fourth-order valence-corrected chi connectivity index (χ4v) is 3.58. The summed E-state index contributed by atoms with van der Waals surface area (Å²) in [7, 11) is 0. The van der Waals surface area contributed by atoms with Gasteiger partial charge in [-0.15, -0.1) is 0 Å². The first kappa shape index (κ1) is 17.5. The van der Waals surface area contributed by atoms with Crippen molar-refractivity contribution in [2.75, 3.05) is 44.2 Å². The maximum Gasteiger partial charge on any atom is 0.251 e. The lowest BCUT2D eigenvalue weighted by molar-refractivity contribution is 0.0947. The fraction of sp³-hybridized carbons (Fsp3) is 0.286. The number of fused-ring (bicyclic) bond motifs is 1. The summed E-state index contributed by atoms with van der Waals surface area (Å²) in [6.07, 6.45) is 1.98. The number of hydrogen-bond acceptors (Lipinski definition) is 3. The zero-order valence-electron chi connectivity index (χ0n) is 15.1. The van der Waals surface area contributed by atoms with Gasteiger partial charge in [0.2, 0.25) is 0 Å². The van der Waals surface area contributed by atoms with E-state index in [1.165, 1.54) is 40.9 Å². The largest absolute Gasteiger partial charge is 0.367 e. The van der Waals surface area contributed by atoms with Gasteiger partial charge in [0, 0.05) is 56.4 Å². The van der Waals surface area contributed by atoms with Crippen LogP contribution in [0.4, 0.5) is 10.1 Å². The number of carbonyl (C=O) groups excluding carboxylic acids is 1. The summed E-state index contributed by atoms with van der Waals surface area (Å²) in [5, 5.41) is 4.14. The molecule has 1 saturated heterocycles. The average molecular weight is 366 g/mol. The Hall–Kier alpha value is -2.86. The van der Waals surface area contributed by atoms with E-state index in [1.54, 1.807) is 0 Å². The molecule has 2 heterocycles. The number of halogens is 1. The van der Waals surface area contributed by atoms with Gasteiger partial charge in [0.25, 0.3) is 5.91 Å². The molecule has 1 fully saturated rings. The summed E-state index contributed by atoms with van der Waals surface area (Å²) in [5.41, 5.74) is 2.93. The second kappa shape index (κ2) is 7.80. The van der Waals surface area contributed by atoms with Crippen molar-refractivity contribution in [3.8, 4) is 0 Å². The van der Waals surface area contributed by atoms with Crippen LogP contribution in [0.5, 0.6) is 0 Å². The van der Waals surface area contributed by atoms with Gasteiger partial charge in [0.15, 0.2) is 0 Å². The van der Waals surface area contributed by atoms with Crippen LogP contribution in [-0.4, -0.2) is 55.1 Å². The zero-order valence-corrected chi connectivity index (χ0v) is 15.1. The Morgan fingerprint density at radius 1 is 1.04 bits per heavy atom. The lowest BCUT2D eigenvalue weighted by atomic mass is 10.2. The van der Waals surface area contributed by atoms with Gasteiger partial charge in [-0.3, -0.25) is 9.69 Å². The number of aromatic nitrogens is 1. The first-order valence-electron chi connectivity index (χ1n) is 9.28. The second-order valence-corrected chi connectivity index (χ2v) is 6.81. The molecular formula is C21H23FN4O. The van der Waals surface area contributed by atoms with Crippen molar-refractivity contribution >= 4 is 22.5 Å². The maximum absolute atomic E-state index is 12.9. The first-order valence-corrected chi connectivity index (χ1v) is 9.28. The number of rotatable bonds is 5. The van der Waals surface area contributed by atoms with Gasteiger partial charge in [0.1, 0.15) is 5.82 Å². The molecule has 0 atom stereocenters. The maximum atomic E-state index is 12.9. The average Bonchev–Trinajstić information content (AvgIpc) is 3.18. The Labute approximate surface area is 157 Å². The Morgan fingerprint density at radius 3 is 2.59 bits per heavy atom. The molecule has 5 nitrogen and oxygen atoms in total. The third kappa shape index (κ3) is 3.95. The van der Waals surface area contributed by atoms with Gasteiger partial charge < -0.3 is 15.2 Å². The Balaban J connectivity index is 1.26. The van der Waals surface area contributed by atoms with Crippen molar-refractivity contribution < 1.29 is 9.18 Å². The van der Waals surface area contributed by atoms with Crippen LogP contribution in [0.2, 0.25) is 0 Å². The van der Waals surface area contributed by atoms with Crippen LogP contribution in [0, 0.1) is 5.82 Å². The fourth-order valence-electron chi connectivity index (χ4n) is 3.58. The zero-order chi connectivity index (χ0) is 18.6. The summed E-state index contributed by atoms with van der Waals surface area (Å²) >= 11 is 0. The van der Waals surface area contributed by atoms with Crippen LogP contribution in [0.3, 0.4) is 0 Å². The third-order valence-electron chi connectivity index (χ3n) is 5.10. The van der Waals surface area contributed by atoms with Gasteiger partial charge in [-0.1, -0.05) is 12.1 Å². The molecule has 0 unspecified atom stereocenters. The summed E-state index contributed by atoms with van der Waals surface area (Å²) in [6.45, 7) is 5.25. The SMILES string of the molecule is O=C(NCCN1CCN(c2cccc3cc[nH]c23)CC1)c1ccc(F)cc1. The van der Waals surface area contributed by atoms with E-state index in [9.17, 15) is 9.18 Å². The molecule has 1 aliphatic heterocycles. The first-order chi connectivity index (χ1) is 13.2. The minimum atomic E-state index is -0.334. The number of hydrogen-bond donors (Lipinski definition) is 2. The monoisotopic (exact) mass is 366 g/mol. The molecule has 0 spiro atoms. The molecule has 140 valence electrons. The molecule has 2 aromatic carbocycles. The highest BCUT2D eigenvalue weighted by atomic mass is 19.1. The summed E-state index contributed by atoms with van der Waals surface area (Å²) in [5.74, 6) is -0.494. The van der Waals surface area contributed by atoms with Gasteiger partial charge in [-0.2, -0.15) is 0 Å². The standard InChI is InChI=1S/C21H23FN4O/c22-18-6-4-17(5-7-18)21(27)24-10-11-25-12-14-26(15-13-25)19-3-1-2-16-8-9-23-20(16)19/h1-9,23H,10-15H2,(H,24,27). The molecule has 3 aromatic rings. The quantitative estimate of drug-likeness (QED) is 0.730. The van der Waals surface area contributed by atoms with Crippen LogP contribution in [-0.2, 0) is 0 Å². The predicted molar refractivity (Wildman–Crippen MR) is 106 cm³/mol. The number of piperazine rings is 1. The van der Waals surface area contributed by atoms with E-state index in [4.69, 9.17) is 0 Å². The number of anilines is 1. The highest BCUT2D eigenvalue weighted by Crippen LogP contribution is 2.26. The van der Waals surface area contributed by atoms with Gasteiger partial charge in [-0.25, -0.2) is 4.39 Å². The number of aromatic amines is 1. The van der Waals surface area contributed by atoms with Crippen LogP contribution in [0.1, 0.15) is 10.4 Å². The van der Waals surface area contributed by atoms with E-state index in [0.717, 1.165) is 32.7 Å². The number of nitrogens with zero attached hydrogens (tertiary/aromatic N) is 2. The molecule has 0 aliphatic carbocycles. The molecule has 1 amide bonds. The van der Waals surface area contributed by atoms with Crippen molar-refractivity contribution in [3.63, 3.8) is 0 Å². The Bertz CT molecular complexity index is 913. The van der Waals surface area contributed by atoms with E-state index >= 15 is 0 Å². The minimum absolute atomic E-state index is 0.160. The van der Waals surface area contributed by atoms with Crippen LogP contribution in [0.25, 0.3) is 10.9 Å². The van der Waals surface area contributed by atoms with Crippen LogP contribution >= 0.6 is 0 Å². The van der Waals surface area contributed by atoms with Crippen molar-refractivity contribution in [2.45, 2.75) is 0 Å². The Morgan fingerprint density at radius 2 is 1.81 bits per heavy atom. The van der Waals surface area contributed by atoms with E-state index in [1.807, 2.05) is 6.20 Å². The minimum Gasteiger partial charge on any atom is -0.367 e. The van der Waals surface area contributed by atoms with Crippen molar-refractivity contribution in [2.24, 2.45) is 0 Å². The number of carbonyl (C=O) groups is 1. The molecular weight excluding hydrogens is 343 g/mol. The smallest absolute Gasteiger partial charge is 0.251 e. The number of H-pyrrole nitrogens is 1. The van der Waals surface area contributed by atoms with Crippen molar-refractivity contribution in [1.82, 2.24) is 15.2 Å². The summed E-state index contributed by atoms with van der Waals surface area (Å²) in [6, 6.07) is 14.1. The molecule has 0 bridgehead atoms. The Kier molecular flexibility index (Phi) is 5.07. The summed E-state index contributed by atoms with van der Waals surface area (Å²) in [4.78, 5) is 20.2. The molecule has 2 N–H and O–H groups in total. The van der Waals surface area contributed by atoms with Crippen LogP contribution in [0.15, 0.2) is 54.7 Å². The second-order valence-electron chi connectivity index (χ2n) is 6.81. The topological polar surface area (TPSA) is 51.4 Å². The van der Waals surface area contributed by atoms with Gasteiger partial charge >= 0.3 is 0 Å². The van der Waals surface area contributed by atoms with E-state index < -0.39 is 0 Å². The molecule has 4 rings (SSSR count). The van der Waals surface area contributed by atoms with E-state index in [2.05, 4.69) is 44.4 Å². The van der Waals surface area contributed by atoms with E-state index in [-0.39, 0.29) is 11.7 Å². The van der Waals surface area contributed by atoms with E-state index in [0.29, 0.717) is 12.1 Å². The number of nitrogens with one attached hydrogen (secondary N) is 2. The molecule has 6 heteroatoms. The molecule has 1 aliphatic rings. The molecule has 0 radical (unpaired) electrons. The highest BCUT2D eigenvalue weighted by Gasteiger charge is 2.19. The lowest BCUT2D eigenvalue weighted by Gasteiger charge is -2.36. The van der Waals surface area contributed by atoms with Gasteiger partial charge in [-0.05, 0) is 36.4 Å². The number of para-hydroxylation sites is 1. The van der Waals surface area contributed by atoms with Crippen molar-refractivity contribution in [3.05, 3.63) is 66.1 Å². The number of amides is 1. The van der Waals surface area contributed by atoms with Crippen LogP contribution < -0.4 is 10.2 Å². The third-order valence-corrected chi connectivity index (χ3v) is 5.10. The normalized spacial score (nSPS) is 15.2. The lowest BCUT2D eigenvalue weighted by Crippen LogP contribution is -2.48. The van der Waals surface area contributed by atoms with Gasteiger partial charge in [0.05, 0.1) is 11.2 Å².